The third kappa shape index (κ3) is 7.90. The van der Waals surface area contributed by atoms with Crippen LogP contribution in [0.25, 0.3) is 0 Å². The Hall–Kier alpha value is -0.980. The molecule has 1 nitrogen and oxygen atoms in total. The van der Waals surface area contributed by atoms with Crippen LogP contribution in [0.1, 0.15) is 102 Å². The Morgan fingerprint density at radius 1 is 0.870 bits per heavy atom. The molecule has 132 valence electrons. The number of rotatable bonds is 12. The summed E-state index contributed by atoms with van der Waals surface area (Å²) in [6, 6.07) is 6.12. The number of benzene rings is 1. The molecule has 2 unspecified atom stereocenters. The van der Waals surface area contributed by atoms with Crippen molar-refractivity contribution in [3.8, 4) is 5.75 Å². The summed E-state index contributed by atoms with van der Waals surface area (Å²) in [5, 5.41) is 10.2. The van der Waals surface area contributed by atoms with E-state index in [-0.39, 0.29) is 0 Å². The smallest absolute Gasteiger partial charge is 0.121 e. The van der Waals surface area contributed by atoms with Gasteiger partial charge in [-0.05, 0) is 36.3 Å². The summed E-state index contributed by atoms with van der Waals surface area (Å²) < 4.78 is 0. The van der Waals surface area contributed by atoms with Gasteiger partial charge in [0.15, 0.2) is 0 Å². The van der Waals surface area contributed by atoms with Crippen molar-refractivity contribution in [2.45, 2.75) is 97.8 Å². The monoisotopic (exact) mass is 318 g/mol. The van der Waals surface area contributed by atoms with Crippen molar-refractivity contribution < 1.29 is 5.11 Å². The van der Waals surface area contributed by atoms with Gasteiger partial charge in [0.05, 0.1) is 0 Å². The Labute approximate surface area is 144 Å². The number of unbranched alkanes of at least 4 members (excludes halogenated alkanes) is 6. The molecule has 23 heavy (non-hydrogen) atoms. The molecule has 1 aromatic carbocycles. The van der Waals surface area contributed by atoms with E-state index in [9.17, 15) is 5.11 Å². The maximum Gasteiger partial charge on any atom is 0.121 e. The van der Waals surface area contributed by atoms with Crippen LogP contribution in [0.2, 0.25) is 0 Å². The van der Waals surface area contributed by atoms with Gasteiger partial charge in [-0.3, -0.25) is 0 Å². The Morgan fingerprint density at radius 2 is 1.52 bits per heavy atom. The summed E-state index contributed by atoms with van der Waals surface area (Å²) in [6.45, 7) is 8.89. The Morgan fingerprint density at radius 3 is 2.22 bits per heavy atom. The second-order valence-electron chi connectivity index (χ2n) is 7.51. The van der Waals surface area contributed by atoms with Gasteiger partial charge in [0.1, 0.15) is 5.75 Å². The van der Waals surface area contributed by atoms with E-state index in [4.69, 9.17) is 0 Å². The molecule has 0 saturated carbocycles. The van der Waals surface area contributed by atoms with Crippen molar-refractivity contribution in [3.63, 3.8) is 0 Å². The number of hydrogen-bond donors (Lipinski definition) is 1. The van der Waals surface area contributed by atoms with E-state index in [1.54, 1.807) is 0 Å². The standard InChI is InChI=1S/C22H38O/c1-5-6-7-8-9-10-11-13-18(2)16-17-19(3)21-15-12-14-20(4)22(21)23/h12,14-15,18-19,23H,5-11,13,16-17H2,1-4H3. The van der Waals surface area contributed by atoms with Crippen molar-refractivity contribution >= 4 is 0 Å². The first-order chi connectivity index (χ1) is 11.1. The van der Waals surface area contributed by atoms with Crippen LogP contribution in [0.15, 0.2) is 18.2 Å². The van der Waals surface area contributed by atoms with Crippen molar-refractivity contribution in [3.05, 3.63) is 29.3 Å². The number of phenols is 1. The molecule has 0 aromatic heterocycles. The molecule has 0 aliphatic heterocycles. The van der Waals surface area contributed by atoms with E-state index >= 15 is 0 Å². The van der Waals surface area contributed by atoms with E-state index in [1.165, 1.54) is 64.2 Å². The van der Waals surface area contributed by atoms with Crippen molar-refractivity contribution in [2.75, 3.05) is 0 Å². The van der Waals surface area contributed by atoms with Gasteiger partial charge in [-0.15, -0.1) is 0 Å². The molecule has 1 heteroatoms. The minimum atomic E-state index is 0.450. The summed E-state index contributed by atoms with van der Waals surface area (Å²) in [7, 11) is 0. The molecule has 0 heterocycles. The lowest BCUT2D eigenvalue weighted by atomic mass is 9.89. The number of aromatic hydroxyl groups is 1. The Balaban J connectivity index is 2.17. The van der Waals surface area contributed by atoms with E-state index in [0.29, 0.717) is 11.7 Å². The SMILES string of the molecule is CCCCCCCCCC(C)CCC(C)c1cccc(C)c1O. The molecular formula is C22H38O. The molecule has 0 aliphatic rings. The number of para-hydroxylation sites is 1. The molecule has 1 aromatic rings. The quantitative estimate of drug-likeness (QED) is 0.399. The van der Waals surface area contributed by atoms with Gasteiger partial charge in [0, 0.05) is 0 Å². The van der Waals surface area contributed by atoms with Crippen molar-refractivity contribution in [2.24, 2.45) is 5.92 Å². The zero-order valence-electron chi connectivity index (χ0n) is 15.9. The van der Waals surface area contributed by atoms with Crippen LogP contribution in [0, 0.1) is 12.8 Å². The van der Waals surface area contributed by atoms with E-state index in [1.807, 2.05) is 13.0 Å². The fourth-order valence-corrected chi connectivity index (χ4v) is 3.36. The second kappa shape index (κ2) is 11.5. The zero-order valence-corrected chi connectivity index (χ0v) is 15.9. The molecule has 0 spiro atoms. The normalized spacial score (nSPS) is 13.9. The highest BCUT2D eigenvalue weighted by atomic mass is 16.3. The van der Waals surface area contributed by atoms with Gasteiger partial charge in [-0.1, -0.05) is 96.8 Å². The van der Waals surface area contributed by atoms with Gasteiger partial charge in [0.25, 0.3) is 0 Å². The summed E-state index contributed by atoms with van der Waals surface area (Å²) in [5.41, 5.74) is 2.11. The van der Waals surface area contributed by atoms with Crippen molar-refractivity contribution in [1.82, 2.24) is 0 Å². The largest absolute Gasteiger partial charge is 0.507 e. The first-order valence-corrected chi connectivity index (χ1v) is 9.84. The minimum Gasteiger partial charge on any atom is -0.507 e. The highest BCUT2D eigenvalue weighted by Gasteiger charge is 2.13. The molecular weight excluding hydrogens is 280 g/mol. The molecule has 0 radical (unpaired) electrons. The van der Waals surface area contributed by atoms with Crippen molar-refractivity contribution in [1.29, 1.82) is 0 Å². The van der Waals surface area contributed by atoms with Gasteiger partial charge in [-0.2, -0.15) is 0 Å². The molecule has 0 amide bonds. The Kier molecular flexibility index (Phi) is 10.1. The van der Waals surface area contributed by atoms with E-state index in [2.05, 4.69) is 32.9 Å². The lowest BCUT2D eigenvalue weighted by Gasteiger charge is -2.17. The summed E-state index contributed by atoms with van der Waals surface area (Å²) in [6.07, 6.45) is 13.6. The number of aryl methyl sites for hydroxylation is 1. The van der Waals surface area contributed by atoms with Crippen LogP contribution in [0.5, 0.6) is 5.75 Å². The Bertz CT molecular complexity index is 424. The molecule has 0 bridgehead atoms. The fourth-order valence-electron chi connectivity index (χ4n) is 3.36. The first kappa shape index (κ1) is 20.1. The number of hydrogen-bond acceptors (Lipinski definition) is 1. The van der Waals surface area contributed by atoms with Gasteiger partial charge >= 0.3 is 0 Å². The molecule has 1 rings (SSSR count). The average Bonchev–Trinajstić information content (AvgIpc) is 2.54. The zero-order chi connectivity index (χ0) is 17.1. The maximum atomic E-state index is 10.2. The highest BCUT2D eigenvalue weighted by molar-refractivity contribution is 5.41. The van der Waals surface area contributed by atoms with Crippen LogP contribution < -0.4 is 0 Å². The van der Waals surface area contributed by atoms with Crippen LogP contribution >= 0.6 is 0 Å². The number of phenolic OH excluding ortho intramolecular Hbond substituents is 1. The molecule has 2 atom stereocenters. The van der Waals surface area contributed by atoms with Crippen LogP contribution in [0.4, 0.5) is 0 Å². The van der Waals surface area contributed by atoms with Gasteiger partial charge in [0.2, 0.25) is 0 Å². The average molecular weight is 319 g/mol. The molecule has 0 fully saturated rings. The third-order valence-corrected chi connectivity index (χ3v) is 5.19. The van der Waals surface area contributed by atoms with Gasteiger partial charge < -0.3 is 5.11 Å². The summed E-state index contributed by atoms with van der Waals surface area (Å²) in [5.74, 6) is 1.76. The second-order valence-corrected chi connectivity index (χ2v) is 7.51. The predicted molar refractivity (Wildman–Crippen MR) is 102 cm³/mol. The summed E-state index contributed by atoms with van der Waals surface area (Å²) >= 11 is 0. The topological polar surface area (TPSA) is 20.2 Å². The third-order valence-electron chi connectivity index (χ3n) is 5.19. The molecule has 0 saturated heterocycles. The maximum absolute atomic E-state index is 10.2. The van der Waals surface area contributed by atoms with E-state index in [0.717, 1.165) is 17.0 Å². The minimum absolute atomic E-state index is 0.450. The molecule has 1 N–H and O–H groups in total. The summed E-state index contributed by atoms with van der Waals surface area (Å²) in [4.78, 5) is 0. The van der Waals surface area contributed by atoms with Crippen LogP contribution in [0.3, 0.4) is 0 Å². The predicted octanol–water partition coefficient (Wildman–Crippen LogP) is 7.36. The lowest BCUT2D eigenvalue weighted by Crippen LogP contribution is -2.01. The fraction of sp³-hybridized carbons (Fsp3) is 0.727. The molecule has 0 aliphatic carbocycles. The lowest BCUT2D eigenvalue weighted by molar-refractivity contribution is 0.418. The highest BCUT2D eigenvalue weighted by Crippen LogP contribution is 2.32. The van der Waals surface area contributed by atoms with Crippen LogP contribution in [-0.2, 0) is 0 Å². The first-order valence-electron chi connectivity index (χ1n) is 9.84. The van der Waals surface area contributed by atoms with Crippen LogP contribution in [-0.4, -0.2) is 5.11 Å². The van der Waals surface area contributed by atoms with Gasteiger partial charge in [-0.25, -0.2) is 0 Å². The van der Waals surface area contributed by atoms with E-state index < -0.39 is 0 Å².